The maximum absolute atomic E-state index is 5.73. The number of aromatic nitrogens is 3. The monoisotopic (exact) mass is 241 g/mol. The highest BCUT2D eigenvalue weighted by molar-refractivity contribution is 7.09. The molecule has 7 heteroatoms. The number of nitrogens with one attached hydrogen (secondary N) is 1. The third-order valence-corrected chi connectivity index (χ3v) is 2.61. The zero-order valence-corrected chi connectivity index (χ0v) is 9.22. The van der Waals surface area contributed by atoms with E-state index in [0.717, 1.165) is 4.88 Å². The van der Waals surface area contributed by atoms with E-state index in [4.69, 9.17) is 17.3 Å². The molecular formula is C8H8ClN5S. The van der Waals surface area contributed by atoms with Gasteiger partial charge in [0.05, 0.1) is 12.1 Å². The molecule has 0 aliphatic rings. The molecule has 5 nitrogen and oxygen atoms in total. The average molecular weight is 242 g/mol. The first-order valence-corrected chi connectivity index (χ1v) is 5.41. The van der Waals surface area contributed by atoms with Gasteiger partial charge in [0.1, 0.15) is 11.0 Å². The number of nitrogens with zero attached hydrogens (tertiary/aromatic N) is 3. The third-order valence-electron chi connectivity index (χ3n) is 1.64. The van der Waals surface area contributed by atoms with Crippen molar-refractivity contribution in [3.05, 3.63) is 27.8 Å². The quantitative estimate of drug-likeness (QED) is 0.801. The maximum atomic E-state index is 5.73. The predicted octanol–water partition coefficient (Wildman–Crippen LogP) is 1.78. The summed E-state index contributed by atoms with van der Waals surface area (Å²) in [6.45, 7) is 0.650. The second kappa shape index (κ2) is 4.41. The number of anilines is 2. The lowest BCUT2D eigenvalue weighted by molar-refractivity contribution is 1.10. The molecule has 0 aromatic carbocycles. The third kappa shape index (κ3) is 2.77. The Kier molecular flexibility index (Phi) is 2.98. The van der Waals surface area contributed by atoms with Crippen molar-refractivity contribution in [2.75, 3.05) is 11.1 Å². The second-order valence-electron chi connectivity index (χ2n) is 2.76. The van der Waals surface area contributed by atoms with Crippen LogP contribution in [0.3, 0.4) is 0 Å². The lowest BCUT2D eigenvalue weighted by Gasteiger charge is -2.04. The van der Waals surface area contributed by atoms with Crippen LogP contribution in [0.15, 0.2) is 17.8 Å². The summed E-state index contributed by atoms with van der Waals surface area (Å²) in [5.74, 6) is 0.773. The Morgan fingerprint density at radius 2 is 2.33 bits per heavy atom. The summed E-state index contributed by atoms with van der Waals surface area (Å²) in [7, 11) is 0. The normalized spacial score (nSPS) is 10.2. The Balaban J connectivity index is 2.05. The predicted molar refractivity (Wildman–Crippen MR) is 60.9 cm³/mol. The molecule has 2 aromatic heterocycles. The fourth-order valence-corrected chi connectivity index (χ4v) is 1.76. The smallest absolute Gasteiger partial charge is 0.223 e. The van der Waals surface area contributed by atoms with E-state index in [-0.39, 0.29) is 5.95 Å². The fourth-order valence-electron chi connectivity index (χ4n) is 1.03. The number of nitrogens with two attached hydrogens (primary N) is 1. The molecule has 2 heterocycles. The van der Waals surface area contributed by atoms with Crippen LogP contribution in [0.4, 0.5) is 11.8 Å². The van der Waals surface area contributed by atoms with E-state index in [1.54, 1.807) is 29.1 Å². The van der Waals surface area contributed by atoms with E-state index in [9.17, 15) is 0 Å². The Morgan fingerprint density at radius 1 is 1.47 bits per heavy atom. The van der Waals surface area contributed by atoms with Crippen LogP contribution in [0.2, 0.25) is 5.15 Å². The van der Waals surface area contributed by atoms with Gasteiger partial charge in [-0.05, 0) is 0 Å². The van der Waals surface area contributed by atoms with Crippen LogP contribution in [0, 0.1) is 0 Å². The van der Waals surface area contributed by atoms with E-state index in [1.165, 1.54) is 0 Å². The largest absolute Gasteiger partial charge is 0.368 e. The van der Waals surface area contributed by atoms with Gasteiger partial charge in [-0.25, -0.2) is 4.98 Å². The molecule has 0 aliphatic heterocycles. The molecule has 0 bridgehead atoms. The minimum Gasteiger partial charge on any atom is -0.368 e. The topological polar surface area (TPSA) is 76.7 Å². The standard InChI is InChI=1S/C8H8ClN5S/c9-6-1-7(14-8(10)13-6)12-3-5-2-11-4-15-5/h1-2,4H,3H2,(H3,10,12,13,14). The van der Waals surface area contributed by atoms with Gasteiger partial charge < -0.3 is 11.1 Å². The molecule has 2 rings (SSSR count). The summed E-state index contributed by atoms with van der Waals surface area (Å²) in [4.78, 5) is 12.8. The molecule has 0 radical (unpaired) electrons. The van der Waals surface area contributed by atoms with Crippen LogP contribution in [0.5, 0.6) is 0 Å². The highest BCUT2D eigenvalue weighted by atomic mass is 35.5. The van der Waals surface area contributed by atoms with Crippen LogP contribution in [0.1, 0.15) is 4.88 Å². The van der Waals surface area contributed by atoms with Gasteiger partial charge in [-0.2, -0.15) is 4.98 Å². The summed E-state index contributed by atoms with van der Waals surface area (Å²) in [5.41, 5.74) is 7.23. The number of nitrogen functional groups attached to an aromatic ring is 1. The van der Waals surface area contributed by atoms with Gasteiger partial charge in [0, 0.05) is 17.1 Å². The Labute approximate surface area is 95.3 Å². The molecule has 0 unspecified atom stereocenters. The van der Waals surface area contributed by atoms with E-state index in [0.29, 0.717) is 17.5 Å². The number of halogens is 1. The first-order chi connectivity index (χ1) is 7.24. The molecule has 0 aliphatic carbocycles. The van der Waals surface area contributed by atoms with Gasteiger partial charge in [-0.3, -0.25) is 4.98 Å². The lowest BCUT2D eigenvalue weighted by atomic mass is 10.5. The minimum absolute atomic E-state index is 0.161. The molecule has 0 spiro atoms. The van der Waals surface area contributed by atoms with Gasteiger partial charge in [-0.1, -0.05) is 11.6 Å². The second-order valence-corrected chi connectivity index (χ2v) is 4.11. The van der Waals surface area contributed by atoms with Crippen molar-refractivity contribution in [1.29, 1.82) is 0 Å². The van der Waals surface area contributed by atoms with Crippen molar-refractivity contribution in [2.45, 2.75) is 6.54 Å². The lowest BCUT2D eigenvalue weighted by Crippen LogP contribution is -2.03. The average Bonchev–Trinajstić information content (AvgIpc) is 2.65. The van der Waals surface area contributed by atoms with Crippen LogP contribution in [0.25, 0.3) is 0 Å². The molecule has 3 N–H and O–H groups in total. The fraction of sp³-hybridized carbons (Fsp3) is 0.125. The molecular weight excluding hydrogens is 234 g/mol. The highest BCUT2D eigenvalue weighted by Gasteiger charge is 2.00. The molecule has 0 saturated carbocycles. The molecule has 15 heavy (non-hydrogen) atoms. The van der Waals surface area contributed by atoms with E-state index in [2.05, 4.69) is 20.3 Å². The van der Waals surface area contributed by atoms with Gasteiger partial charge in [0.2, 0.25) is 5.95 Å². The summed E-state index contributed by atoms with van der Waals surface area (Å²) in [5, 5.41) is 3.41. The van der Waals surface area contributed by atoms with E-state index >= 15 is 0 Å². The van der Waals surface area contributed by atoms with Crippen molar-refractivity contribution in [3.8, 4) is 0 Å². The number of hydrogen-bond acceptors (Lipinski definition) is 6. The molecule has 78 valence electrons. The van der Waals surface area contributed by atoms with Crippen molar-refractivity contribution < 1.29 is 0 Å². The van der Waals surface area contributed by atoms with Crippen molar-refractivity contribution >= 4 is 34.7 Å². The maximum Gasteiger partial charge on any atom is 0.223 e. The van der Waals surface area contributed by atoms with Crippen molar-refractivity contribution in [3.63, 3.8) is 0 Å². The first kappa shape index (κ1) is 10.1. The van der Waals surface area contributed by atoms with Crippen LogP contribution < -0.4 is 11.1 Å². The van der Waals surface area contributed by atoms with Crippen LogP contribution in [-0.4, -0.2) is 15.0 Å². The Bertz CT molecular complexity index is 424. The summed E-state index contributed by atoms with van der Waals surface area (Å²) < 4.78 is 0. The summed E-state index contributed by atoms with van der Waals surface area (Å²) in [6, 6.07) is 1.62. The van der Waals surface area contributed by atoms with Crippen molar-refractivity contribution in [1.82, 2.24) is 15.0 Å². The molecule has 0 fully saturated rings. The first-order valence-electron chi connectivity index (χ1n) is 4.15. The number of rotatable bonds is 3. The van der Waals surface area contributed by atoms with Gasteiger partial charge in [0.25, 0.3) is 0 Å². The van der Waals surface area contributed by atoms with E-state index in [1.807, 2.05) is 0 Å². The van der Waals surface area contributed by atoms with E-state index < -0.39 is 0 Å². The number of hydrogen-bond donors (Lipinski definition) is 2. The molecule has 0 saturated heterocycles. The van der Waals surface area contributed by atoms with Crippen molar-refractivity contribution in [2.24, 2.45) is 0 Å². The van der Waals surface area contributed by atoms with Crippen LogP contribution in [-0.2, 0) is 6.54 Å². The number of thiazole rings is 1. The Hall–Kier alpha value is -1.40. The Morgan fingerprint density at radius 3 is 3.00 bits per heavy atom. The van der Waals surface area contributed by atoms with Crippen LogP contribution >= 0.6 is 22.9 Å². The summed E-state index contributed by atoms with van der Waals surface area (Å²) in [6.07, 6.45) is 1.80. The van der Waals surface area contributed by atoms with Gasteiger partial charge in [0.15, 0.2) is 0 Å². The molecule has 2 aromatic rings. The SMILES string of the molecule is Nc1nc(Cl)cc(NCc2cncs2)n1. The summed E-state index contributed by atoms with van der Waals surface area (Å²) >= 11 is 7.30. The zero-order valence-electron chi connectivity index (χ0n) is 7.64. The van der Waals surface area contributed by atoms with Gasteiger partial charge >= 0.3 is 0 Å². The zero-order chi connectivity index (χ0) is 10.7. The molecule has 0 atom stereocenters. The minimum atomic E-state index is 0.161. The van der Waals surface area contributed by atoms with Gasteiger partial charge in [-0.15, -0.1) is 11.3 Å². The highest BCUT2D eigenvalue weighted by Crippen LogP contribution is 2.14. The molecule has 0 amide bonds.